The van der Waals surface area contributed by atoms with Gasteiger partial charge < -0.3 is 9.64 Å². The first-order valence-corrected chi connectivity index (χ1v) is 9.06. The normalized spacial score (nSPS) is 32.7. The van der Waals surface area contributed by atoms with E-state index in [9.17, 15) is 4.79 Å². The van der Waals surface area contributed by atoms with Crippen LogP contribution in [0, 0.1) is 12.3 Å². The molecule has 4 rings (SSSR count). The van der Waals surface area contributed by atoms with Gasteiger partial charge in [-0.15, -0.1) is 11.3 Å². The van der Waals surface area contributed by atoms with Crippen molar-refractivity contribution in [2.45, 2.75) is 38.8 Å². The molecule has 6 heteroatoms. The van der Waals surface area contributed by atoms with E-state index in [1.54, 1.807) is 11.3 Å². The quantitative estimate of drug-likeness (QED) is 0.849. The Balaban J connectivity index is 1.42. The third kappa shape index (κ3) is 2.47. The summed E-state index contributed by atoms with van der Waals surface area (Å²) in [4.78, 5) is 21.9. The lowest BCUT2D eigenvalue weighted by atomic mass is 9.85. The largest absolute Gasteiger partial charge is 0.380 e. The van der Waals surface area contributed by atoms with Crippen LogP contribution in [0.1, 0.15) is 30.0 Å². The molecule has 0 radical (unpaired) electrons. The number of thiazole rings is 1. The summed E-state index contributed by atoms with van der Waals surface area (Å²) in [5.41, 5.74) is 0.903. The fourth-order valence-electron chi connectivity index (χ4n) is 4.12. The second kappa shape index (κ2) is 5.58. The molecular weight excluding hydrogens is 298 g/mol. The summed E-state index contributed by atoms with van der Waals surface area (Å²) < 4.78 is 5.51. The van der Waals surface area contributed by atoms with E-state index < -0.39 is 0 Å². The van der Waals surface area contributed by atoms with Crippen LogP contribution >= 0.6 is 11.3 Å². The molecule has 1 spiro atoms. The Morgan fingerprint density at radius 2 is 2.32 bits per heavy atom. The number of aryl methyl sites for hydroxylation is 1. The molecule has 1 amide bonds. The molecule has 1 aromatic rings. The fraction of sp³-hybridized carbons (Fsp3) is 0.750. The van der Waals surface area contributed by atoms with Gasteiger partial charge in [0.25, 0.3) is 0 Å². The highest BCUT2D eigenvalue weighted by Gasteiger charge is 2.51. The Kier molecular flexibility index (Phi) is 3.71. The van der Waals surface area contributed by atoms with Crippen LogP contribution in [0.2, 0.25) is 0 Å². The second-order valence-electron chi connectivity index (χ2n) is 6.85. The zero-order valence-electron chi connectivity index (χ0n) is 13.1. The van der Waals surface area contributed by atoms with Gasteiger partial charge in [0.05, 0.1) is 29.3 Å². The summed E-state index contributed by atoms with van der Waals surface area (Å²) in [6.45, 7) is 7.25. The van der Waals surface area contributed by atoms with E-state index in [4.69, 9.17) is 4.74 Å². The van der Waals surface area contributed by atoms with Gasteiger partial charge in [-0.1, -0.05) is 0 Å². The van der Waals surface area contributed by atoms with Crippen LogP contribution in [-0.4, -0.2) is 59.6 Å². The number of carbonyl (C=O) groups is 1. The predicted octanol–water partition coefficient (Wildman–Crippen LogP) is 1.66. The van der Waals surface area contributed by atoms with Crippen molar-refractivity contribution in [3.63, 3.8) is 0 Å². The summed E-state index contributed by atoms with van der Waals surface area (Å²) in [6, 6.07) is 0.530. The Bertz CT molecular complexity index is 569. The molecule has 5 nitrogen and oxygen atoms in total. The summed E-state index contributed by atoms with van der Waals surface area (Å²) in [6.07, 6.45) is 3.13. The van der Waals surface area contributed by atoms with Gasteiger partial charge in [0.2, 0.25) is 5.91 Å². The number of amides is 1. The van der Waals surface area contributed by atoms with Crippen LogP contribution < -0.4 is 0 Å². The average molecular weight is 321 g/mol. The van der Waals surface area contributed by atoms with Gasteiger partial charge in [0.1, 0.15) is 0 Å². The molecule has 3 aliphatic heterocycles. The molecule has 0 bridgehead atoms. The molecule has 22 heavy (non-hydrogen) atoms. The first-order valence-electron chi connectivity index (χ1n) is 8.18. The highest BCUT2D eigenvalue weighted by molar-refractivity contribution is 7.09. The molecule has 1 aromatic heterocycles. The third-order valence-electron chi connectivity index (χ3n) is 5.43. The number of ether oxygens (including phenoxy) is 1. The number of nitrogens with zero attached hydrogens (tertiary/aromatic N) is 3. The Morgan fingerprint density at radius 3 is 3.05 bits per heavy atom. The first kappa shape index (κ1) is 14.6. The van der Waals surface area contributed by atoms with Crippen molar-refractivity contribution in [1.82, 2.24) is 14.8 Å². The number of aromatic nitrogens is 1. The summed E-state index contributed by atoms with van der Waals surface area (Å²) in [7, 11) is 0. The molecule has 2 unspecified atom stereocenters. The molecular formula is C16H23N3O2S. The van der Waals surface area contributed by atoms with E-state index in [2.05, 4.69) is 15.3 Å². The molecule has 3 saturated heterocycles. The third-order valence-corrected chi connectivity index (χ3v) is 6.25. The van der Waals surface area contributed by atoms with Crippen molar-refractivity contribution >= 4 is 17.2 Å². The van der Waals surface area contributed by atoms with E-state index in [-0.39, 0.29) is 5.41 Å². The maximum absolute atomic E-state index is 12.9. The molecule has 3 aliphatic rings. The molecule has 0 saturated carbocycles. The summed E-state index contributed by atoms with van der Waals surface area (Å²) in [5, 5.41) is 3.15. The van der Waals surface area contributed by atoms with E-state index in [0.717, 1.165) is 62.8 Å². The van der Waals surface area contributed by atoms with Gasteiger partial charge in [-0.2, -0.15) is 0 Å². The van der Waals surface area contributed by atoms with E-state index >= 15 is 0 Å². The smallest absolute Gasteiger partial charge is 0.230 e. The molecule has 3 fully saturated rings. The van der Waals surface area contributed by atoms with Gasteiger partial charge in [-0.25, -0.2) is 4.98 Å². The molecule has 2 atom stereocenters. The van der Waals surface area contributed by atoms with Crippen LogP contribution in [0.3, 0.4) is 0 Å². The molecule has 4 heterocycles. The zero-order valence-corrected chi connectivity index (χ0v) is 13.9. The number of likely N-dealkylation sites (tertiary alicyclic amines) is 2. The molecule has 120 valence electrons. The Labute approximate surface area is 135 Å². The van der Waals surface area contributed by atoms with Crippen LogP contribution in [0.4, 0.5) is 0 Å². The van der Waals surface area contributed by atoms with Crippen molar-refractivity contribution in [1.29, 1.82) is 0 Å². The Morgan fingerprint density at radius 1 is 1.45 bits per heavy atom. The molecule has 0 aliphatic carbocycles. The lowest BCUT2D eigenvalue weighted by molar-refractivity contribution is -0.136. The topological polar surface area (TPSA) is 45.7 Å². The van der Waals surface area contributed by atoms with Crippen molar-refractivity contribution in [2.75, 3.05) is 32.8 Å². The predicted molar refractivity (Wildman–Crippen MR) is 84.7 cm³/mol. The number of hydrogen-bond donors (Lipinski definition) is 0. The number of hydrogen-bond acceptors (Lipinski definition) is 5. The van der Waals surface area contributed by atoms with Crippen LogP contribution in [0.15, 0.2) is 5.38 Å². The molecule has 0 N–H and O–H groups in total. The van der Waals surface area contributed by atoms with Crippen molar-refractivity contribution in [3.8, 4) is 0 Å². The van der Waals surface area contributed by atoms with Crippen LogP contribution in [-0.2, 0) is 16.1 Å². The van der Waals surface area contributed by atoms with Crippen LogP contribution in [0.25, 0.3) is 0 Å². The van der Waals surface area contributed by atoms with Gasteiger partial charge in [0, 0.05) is 31.1 Å². The van der Waals surface area contributed by atoms with Crippen molar-refractivity contribution in [3.05, 3.63) is 16.1 Å². The minimum absolute atomic E-state index is 0.131. The first-order chi connectivity index (χ1) is 10.7. The summed E-state index contributed by atoms with van der Waals surface area (Å²) >= 11 is 1.66. The second-order valence-corrected chi connectivity index (χ2v) is 7.92. The van der Waals surface area contributed by atoms with Gasteiger partial charge >= 0.3 is 0 Å². The maximum atomic E-state index is 12.9. The van der Waals surface area contributed by atoms with Crippen molar-refractivity contribution < 1.29 is 9.53 Å². The van der Waals surface area contributed by atoms with Gasteiger partial charge in [-0.3, -0.25) is 9.69 Å². The van der Waals surface area contributed by atoms with E-state index in [1.165, 1.54) is 0 Å². The average Bonchev–Trinajstić information content (AvgIpc) is 3.26. The highest BCUT2D eigenvalue weighted by atomic mass is 32.1. The number of carbonyl (C=O) groups excluding carboxylic acids is 1. The summed E-state index contributed by atoms with van der Waals surface area (Å²) in [5.74, 6) is 0.347. The van der Waals surface area contributed by atoms with Crippen LogP contribution in [0.5, 0.6) is 0 Å². The Hall–Kier alpha value is -0.980. The van der Waals surface area contributed by atoms with E-state index in [1.807, 2.05) is 11.8 Å². The fourth-order valence-corrected chi connectivity index (χ4v) is 4.73. The zero-order chi connectivity index (χ0) is 15.2. The van der Waals surface area contributed by atoms with E-state index in [0.29, 0.717) is 18.5 Å². The SMILES string of the molecule is Cc1nc(CN2CCC3(CCN(C4CCOC4)C3)C2=O)cs1. The van der Waals surface area contributed by atoms with Gasteiger partial charge in [-0.05, 0) is 32.7 Å². The molecule has 0 aromatic carbocycles. The minimum Gasteiger partial charge on any atom is -0.380 e. The lowest BCUT2D eigenvalue weighted by Gasteiger charge is -2.26. The number of rotatable bonds is 3. The minimum atomic E-state index is -0.131. The highest BCUT2D eigenvalue weighted by Crippen LogP contribution is 2.42. The van der Waals surface area contributed by atoms with Gasteiger partial charge in [0.15, 0.2) is 0 Å². The standard InChI is InChI=1S/C16H23N3O2S/c1-12-17-13(10-22-12)8-18-5-3-16(15(18)20)4-6-19(11-16)14-2-7-21-9-14/h10,14H,2-9,11H2,1H3. The maximum Gasteiger partial charge on any atom is 0.230 e. The monoisotopic (exact) mass is 321 g/mol. The van der Waals surface area contributed by atoms with Crippen molar-refractivity contribution in [2.24, 2.45) is 5.41 Å². The lowest BCUT2D eigenvalue weighted by Crippen LogP contribution is -2.39.